The van der Waals surface area contributed by atoms with Gasteiger partial charge in [-0.3, -0.25) is 10.7 Å². The van der Waals surface area contributed by atoms with Crippen molar-refractivity contribution in [2.24, 2.45) is 4.99 Å². The number of nitrogens with one attached hydrogen (secondary N) is 1. The fourth-order valence-electron chi connectivity index (χ4n) is 2.71. The van der Waals surface area contributed by atoms with Crippen LogP contribution in [0.25, 0.3) is 21.9 Å². The number of hydrogen-bond donors (Lipinski definition) is 2. The maximum absolute atomic E-state index is 13.4. The molecule has 4 rings (SSSR count). The van der Waals surface area contributed by atoms with Crippen molar-refractivity contribution in [3.05, 3.63) is 76.5 Å². The Bertz CT molecular complexity index is 1120. The molecule has 6 heteroatoms. The lowest BCUT2D eigenvalue weighted by Crippen LogP contribution is -2.19. The highest BCUT2D eigenvalue weighted by Crippen LogP contribution is 2.29. The summed E-state index contributed by atoms with van der Waals surface area (Å²) < 4.78 is 19.5. The maximum Gasteiger partial charge on any atom is 0.157 e. The molecule has 25 heavy (non-hydrogen) atoms. The highest BCUT2D eigenvalue weighted by molar-refractivity contribution is 9.10. The minimum absolute atomic E-state index is 0.255. The van der Waals surface area contributed by atoms with Crippen LogP contribution in [-0.2, 0) is 0 Å². The molecule has 0 atom stereocenters. The first-order valence-electron chi connectivity index (χ1n) is 7.51. The second-order valence-electron chi connectivity index (χ2n) is 5.48. The van der Waals surface area contributed by atoms with Gasteiger partial charge in [0.15, 0.2) is 5.84 Å². The lowest BCUT2D eigenvalue weighted by atomic mass is 10.1. The number of aliphatic imine (C=N–C) groups is 1. The number of hydrogen-bond acceptors (Lipinski definition) is 3. The van der Waals surface area contributed by atoms with E-state index in [1.54, 1.807) is 12.1 Å². The summed E-state index contributed by atoms with van der Waals surface area (Å²) in [7, 11) is 0. The quantitative estimate of drug-likeness (QED) is 0.264. The van der Waals surface area contributed by atoms with E-state index in [-0.39, 0.29) is 11.7 Å². The van der Waals surface area contributed by atoms with Crippen molar-refractivity contribution in [3.63, 3.8) is 0 Å². The summed E-state index contributed by atoms with van der Waals surface area (Å²) in [4.78, 5) is 4.35. The highest BCUT2D eigenvalue weighted by Gasteiger charge is 2.10. The van der Waals surface area contributed by atoms with Crippen LogP contribution >= 0.6 is 15.9 Å². The lowest BCUT2D eigenvalue weighted by Gasteiger charge is -2.06. The van der Waals surface area contributed by atoms with Gasteiger partial charge in [0.05, 0.1) is 10.2 Å². The molecule has 1 heterocycles. The summed E-state index contributed by atoms with van der Waals surface area (Å²) in [5.74, 6) is -0.116. The van der Waals surface area contributed by atoms with Gasteiger partial charge in [-0.05, 0) is 58.4 Å². The van der Waals surface area contributed by atoms with Crippen molar-refractivity contribution < 1.29 is 14.0 Å². The zero-order chi connectivity index (χ0) is 17.4. The largest absolute Gasteiger partial charge is 0.456 e. The Labute approximate surface area is 150 Å². The number of nitrogens with zero attached hydrogens (tertiary/aromatic N) is 1. The summed E-state index contributed by atoms with van der Waals surface area (Å²) in [6.45, 7) is 0. The summed E-state index contributed by atoms with van der Waals surface area (Å²) in [6, 6.07) is 17.6. The van der Waals surface area contributed by atoms with E-state index in [0.29, 0.717) is 15.7 Å². The van der Waals surface area contributed by atoms with Crippen molar-refractivity contribution in [1.29, 1.82) is 0 Å². The second-order valence-corrected chi connectivity index (χ2v) is 6.33. The molecule has 0 aliphatic heterocycles. The number of furan rings is 1. The van der Waals surface area contributed by atoms with Crippen molar-refractivity contribution in [3.8, 4) is 0 Å². The Kier molecular flexibility index (Phi) is 3.99. The topological polar surface area (TPSA) is 57.8 Å². The minimum atomic E-state index is -0.372. The lowest BCUT2D eigenvalue weighted by molar-refractivity contribution is 0.235. The van der Waals surface area contributed by atoms with Crippen LogP contribution in [0.5, 0.6) is 0 Å². The van der Waals surface area contributed by atoms with Crippen molar-refractivity contribution in [2.45, 2.75) is 0 Å². The molecular weight excluding hydrogens is 387 g/mol. The molecule has 2 N–H and O–H groups in total. The van der Waals surface area contributed by atoms with Crippen LogP contribution in [-0.4, -0.2) is 11.0 Å². The van der Waals surface area contributed by atoms with Crippen molar-refractivity contribution >= 4 is 49.4 Å². The highest BCUT2D eigenvalue weighted by atomic mass is 79.9. The molecule has 1 aromatic heterocycles. The van der Waals surface area contributed by atoms with Gasteiger partial charge in [-0.25, -0.2) is 9.38 Å². The molecule has 0 saturated carbocycles. The second kappa shape index (κ2) is 6.31. The molecule has 0 fully saturated rings. The monoisotopic (exact) mass is 398 g/mol. The van der Waals surface area contributed by atoms with Crippen LogP contribution in [0.3, 0.4) is 0 Å². The van der Waals surface area contributed by atoms with Crippen LogP contribution in [0.15, 0.2) is 74.5 Å². The van der Waals surface area contributed by atoms with E-state index >= 15 is 0 Å². The molecular formula is C19H12BrFN2O2. The molecule has 0 amide bonds. The predicted octanol–water partition coefficient (Wildman–Crippen LogP) is 5.54. The van der Waals surface area contributed by atoms with E-state index in [1.807, 2.05) is 36.4 Å². The molecule has 0 radical (unpaired) electrons. The Balaban J connectivity index is 1.84. The van der Waals surface area contributed by atoms with Gasteiger partial charge < -0.3 is 4.42 Å². The molecule has 0 saturated heterocycles. The van der Waals surface area contributed by atoms with E-state index < -0.39 is 0 Å². The van der Waals surface area contributed by atoms with Gasteiger partial charge in [0.25, 0.3) is 0 Å². The fourth-order valence-corrected chi connectivity index (χ4v) is 3.08. The zero-order valence-corrected chi connectivity index (χ0v) is 14.4. The molecule has 0 aliphatic carbocycles. The number of benzene rings is 3. The molecule has 0 bridgehead atoms. The Hall–Kier alpha value is -2.70. The summed E-state index contributed by atoms with van der Waals surface area (Å²) in [5.41, 5.74) is 4.86. The van der Waals surface area contributed by atoms with Gasteiger partial charge in [0, 0.05) is 16.3 Å². The minimum Gasteiger partial charge on any atom is -0.456 e. The van der Waals surface area contributed by atoms with E-state index in [9.17, 15) is 9.60 Å². The third kappa shape index (κ3) is 2.90. The predicted molar refractivity (Wildman–Crippen MR) is 98.9 cm³/mol. The first-order chi connectivity index (χ1) is 12.2. The Morgan fingerprint density at radius 1 is 1.00 bits per heavy atom. The zero-order valence-electron chi connectivity index (χ0n) is 12.8. The first-order valence-corrected chi connectivity index (χ1v) is 8.30. The molecule has 3 aromatic carbocycles. The number of hydroxylamine groups is 1. The van der Waals surface area contributed by atoms with Crippen LogP contribution in [0.2, 0.25) is 0 Å². The van der Waals surface area contributed by atoms with Gasteiger partial charge in [0.1, 0.15) is 17.0 Å². The van der Waals surface area contributed by atoms with Gasteiger partial charge >= 0.3 is 0 Å². The third-order valence-corrected chi connectivity index (χ3v) is 4.51. The number of fused-ring (bicyclic) bond motifs is 3. The fraction of sp³-hybridized carbons (Fsp3) is 0. The van der Waals surface area contributed by atoms with Crippen LogP contribution in [0.4, 0.5) is 10.1 Å². The van der Waals surface area contributed by atoms with Crippen molar-refractivity contribution in [2.75, 3.05) is 0 Å². The van der Waals surface area contributed by atoms with Gasteiger partial charge in [-0.15, -0.1) is 0 Å². The average Bonchev–Trinajstić information content (AvgIpc) is 3.00. The average molecular weight is 399 g/mol. The normalized spacial score (nSPS) is 12.0. The van der Waals surface area contributed by atoms with E-state index in [1.165, 1.54) is 12.1 Å². The van der Waals surface area contributed by atoms with Crippen LogP contribution in [0.1, 0.15) is 5.56 Å². The van der Waals surface area contributed by atoms with E-state index in [0.717, 1.165) is 21.9 Å². The summed E-state index contributed by atoms with van der Waals surface area (Å²) >= 11 is 3.13. The van der Waals surface area contributed by atoms with Gasteiger partial charge in [0.2, 0.25) is 0 Å². The van der Waals surface area contributed by atoms with E-state index in [4.69, 9.17) is 4.42 Å². The number of para-hydroxylation sites is 1. The standard InChI is InChI=1S/C19H12BrFN2O2/c20-15-10-12(6-7-16(15)21)22-19(23-24)11-5-8-18-14(9-11)13-3-1-2-4-17(13)25-18/h1-10,24H,(H,22,23). The molecule has 0 aliphatic rings. The maximum atomic E-state index is 13.4. The van der Waals surface area contributed by atoms with Gasteiger partial charge in [-0.2, -0.15) is 0 Å². The Morgan fingerprint density at radius 3 is 2.60 bits per heavy atom. The number of amidine groups is 1. The molecule has 4 aromatic rings. The van der Waals surface area contributed by atoms with E-state index in [2.05, 4.69) is 26.4 Å². The van der Waals surface area contributed by atoms with Gasteiger partial charge in [-0.1, -0.05) is 18.2 Å². The summed E-state index contributed by atoms with van der Waals surface area (Å²) in [5, 5.41) is 11.4. The number of halogens is 2. The molecule has 0 spiro atoms. The molecule has 4 nitrogen and oxygen atoms in total. The van der Waals surface area contributed by atoms with Crippen LogP contribution in [0, 0.1) is 5.82 Å². The summed E-state index contributed by atoms with van der Waals surface area (Å²) in [6.07, 6.45) is 0. The van der Waals surface area contributed by atoms with Crippen LogP contribution < -0.4 is 5.48 Å². The smallest absolute Gasteiger partial charge is 0.157 e. The SMILES string of the molecule is ONC(=Nc1ccc(F)c(Br)c1)c1ccc2oc3ccccc3c2c1. The van der Waals surface area contributed by atoms with Crippen molar-refractivity contribution in [1.82, 2.24) is 5.48 Å². The first kappa shape index (κ1) is 15.8. The third-order valence-electron chi connectivity index (χ3n) is 3.90. The Morgan fingerprint density at radius 2 is 1.80 bits per heavy atom. The number of rotatable bonds is 2. The molecule has 124 valence electrons. The molecule has 0 unspecified atom stereocenters.